The number of anilines is 2. The van der Waals surface area contributed by atoms with Crippen LogP contribution in [0.1, 0.15) is 24.2 Å². The molecule has 2 rings (SSSR count). The predicted octanol–water partition coefficient (Wildman–Crippen LogP) is 1.64. The van der Waals surface area contributed by atoms with Gasteiger partial charge in [0.05, 0.1) is 11.4 Å². The third-order valence-electron chi connectivity index (χ3n) is 4.04. The number of nitrogens with zero attached hydrogens (tertiary/aromatic N) is 2. The summed E-state index contributed by atoms with van der Waals surface area (Å²) in [7, 11) is 2.04. The minimum Gasteiger partial charge on any atom is -0.478 e. The highest BCUT2D eigenvalue weighted by Crippen LogP contribution is 2.31. The van der Waals surface area contributed by atoms with Crippen LogP contribution in [0.2, 0.25) is 0 Å². The molecule has 0 aliphatic carbocycles. The van der Waals surface area contributed by atoms with E-state index in [-0.39, 0.29) is 16.8 Å². The largest absolute Gasteiger partial charge is 0.478 e. The Morgan fingerprint density at radius 2 is 2.05 bits per heavy atom. The standard InChI is InChI=1S/C14H20FN3O2/c1-14(2)8-18(7-6-17(14)3)10-5-4-9(15)12(16)11(10)13(19)20/h4-5H,6-8,16H2,1-3H3,(H,19,20). The van der Waals surface area contributed by atoms with Gasteiger partial charge in [-0.2, -0.15) is 0 Å². The van der Waals surface area contributed by atoms with E-state index in [1.165, 1.54) is 12.1 Å². The van der Waals surface area contributed by atoms with Crippen molar-refractivity contribution in [1.29, 1.82) is 0 Å². The summed E-state index contributed by atoms with van der Waals surface area (Å²) in [6, 6.07) is 2.72. The molecule has 3 N–H and O–H groups in total. The van der Waals surface area contributed by atoms with Crippen molar-refractivity contribution >= 4 is 17.3 Å². The number of halogens is 1. The molecular weight excluding hydrogens is 261 g/mol. The van der Waals surface area contributed by atoms with Gasteiger partial charge >= 0.3 is 5.97 Å². The number of aromatic carboxylic acids is 1. The number of nitrogens with two attached hydrogens (primary N) is 1. The summed E-state index contributed by atoms with van der Waals surface area (Å²) >= 11 is 0. The van der Waals surface area contributed by atoms with Crippen molar-refractivity contribution in [3.8, 4) is 0 Å². The molecular formula is C14H20FN3O2. The maximum atomic E-state index is 13.5. The van der Waals surface area contributed by atoms with Crippen molar-refractivity contribution in [2.24, 2.45) is 0 Å². The number of nitrogen functional groups attached to an aromatic ring is 1. The van der Waals surface area contributed by atoms with Crippen LogP contribution in [0, 0.1) is 5.82 Å². The molecule has 6 heteroatoms. The third-order valence-corrected chi connectivity index (χ3v) is 4.04. The summed E-state index contributed by atoms with van der Waals surface area (Å²) in [5, 5.41) is 9.30. The quantitative estimate of drug-likeness (QED) is 0.806. The molecule has 5 nitrogen and oxygen atoms in total. The molecule has 1 heterocycles. The van der Waals surface area contributed by atoms with Crippen LogP contribution in [-0.4, -0.2) is 48.2 Å². The van der Waals surface area contributed by atoms with E-state index in [9.17, 15) is 14.3 Å². The lowest BCUT2D eigenvalue weighted by Gasteiger charge is -2.46. The van der Waals surface area contributed by atoms with Gasteiger partial charge in [-0.25, -0.2) is 9.18 Å². The maximum absolute atomic E-state index is 13.5. The predicted molar refractivity (Wildman–Crippen MR) is 76.7 cm³/mol. The highest BCUT2D eigenvalue weighted by atomic mass is 19.1. The van der Waals surface area contributed by atoms with Gasteiger partial charge in [0.15, 0.2) is 0 Å². The molecule has 0 atom stereocenters. The van der Waals surface area contributed by atoms with Gasteiger partial charge in [-0.05, 0) is 33.0 Å². The zero-order valence-electron chi connectivity index (χ0n) is 12.0. The fourth-order valence-corrected chi connectivity index (χ4v) is 2.52. The van der Waals surface area contributed by atoms with Crippen molar-refractivity contribution in [2.45, 2.75) is 19.4 Å². The first-order valence-electron chi connectivity index (χ1n) is 6.51. The Morgan fingerprint density at radius 3 is 2.60 bits per heavy atom. The second-order valence-electron chi connectivity index (χ2n) is 5.82. The molecule has 0 bridgehead atoms. The van der Waals surface area contributed by atoms with Gasteiger partial charge in [0.2, 0.25) is 0 Å². The lowest BCUT2D eigenvalue weighted by Crippen LogP contribution is -2.58. The van der Waals surface area contributed by atoms with Crippen molar-refractivity contribution in [3.05, 3.63) is 23.5 Å². The Kier molecular flexibility index (Phi) is 3.60. The molecule has 1 fully saturated rings. The van der Waals surface area contributed by atoms with Gasteiger partial charge in [-0.15, -0.1) is 0 Å². The molecule has 1 aliphatic heterocycles. The third kappa shape index (κ3) is 2.43. The van der Waals surface area contributed by atoms with Crippen molar-refractivity contribution in [3.63, 3.8) is 0 Å². The molecule has 1 aromatic carbocycles. The first-order valence-corrected chi connectivity index (χ1v) is 6.51. The number of hydrogen-bond acceptors (Lipinski definition) is 4. The second kappa shape index (κ2) is 4.94. The molecule has 1 saturated heterocycles. The zero-order valence-corrected chi connectivity index (χ0v) is 12.0. The molecule has 1 aromatic rings. The Labute approximate surface area is 117 Å². The maximum Gasteiger partial charge on any atom is 0.340 e. The number of likely N-dealkylation sites (N-methyl/N-ethyl adjacent to an activating group) is 1. The molecule has 0 aromatic heterocycles. The molecule has 20 heavy (non-hydrogen) atoms. The molecule has 1 aliphatic rings. The van der Waals surface area contributed by atoms with E-state index in [0.29, 0.717) is 18.8 Å². The van der Waals surface area contributed by atoms with E-state index in [4.69, 9.17) is 5.73 Å². The SMILES string of the molecule is CN1CCN(c2ccc(F)c(N)c2C(=O)O)CC1(C)C. The Morgan fingerprint density at radius 1 is 1.40 bits per heavy atom. The van der Waals surface area contributed by atoms with Crippen LogP contribution in [0.5, 0.6) is 0 Å². The summed E-state index contributed by atoms with van der Waals surface area (Å²) in [6.07, 6.45) is 0. The first kappa shape index (κ1) is 14.6. The van der Waals surface area contributed by atoms with Crippen LogP contribution >= 0.6 is 0 Å². The van der Waals surface area contributed by atoms with Crippen LogP contribution in [0.15, 0.2) is 12.1 Å². The van der Waals surface area contributed by atoms with Crippen LogP contribution < -0.4 is 10.6 Å². The molecule has 110 valence electrons. The summed E-state index contributed by atoms with van der Waals surface area (Å²) in [5.74, 6) is -1.90. The molecule has 0 radical (unpaired) electrons. The highest BCUT2D eigenvalue weighted by molar-refractivity contribution is 6.00. The lowest BCUT2D eigenvalue weighted by molar-refractivity contribution is 0.0697. The van der Waals surface area contributed by atoms with Gasteiger partial charge in [0.1, 0.15) is 11.4 Å². The summed E-state index contributed by atoms with van der Waals surface area (Å²) in [6.45, 7) is 6.34. The van der Waals surface area contributed by atoms with E-state index >= 15 is 0 Å². The molecule has 0 unspecified atom stereocenters. The van der Waals surface area contributed by atoms with E-state index < -0.39 is 11.8 Å². The van der Waals surface area contributed by atoms with E-state index in [0.717, 1.165) is 6.54 Å². The number of carboxylic acids is 1. The highest BCUT2D eigenvalue weighted by Gasteiger charge is 2.33. The minimum atomic E-state index is -1.20. The van der Waals surface area contributed by atoms with Crippen LogP contribution in [0.4, 0.5) is 15.8 Å². The number of piperazine rings is 1. The van der Waals surface area contributed by atoms with Gasteiger partial charge in [-0.3, -0.25) is 4.90 Å². The number of benzene rings is 1. The Balaban J connectivity index is 2.44. The molecule has 0 spiro atoms. The van der Waals surface area contributed by atoms with Crippen molar-refractivity contribution in [1.82, 2.24) is 4.90 Å². The summed E-state index contributed by atoms with van der Waals surface area (Å²) in [4.78, 5) is 15.6. The number of carbonyl (C=O) groups is 1. The van der Waals surface area contributed by atoms with Gasteiger partial charge < -0.3 is 15.7 Å². The first-order chi connectivity index (χ1) is 9.24. The summed E-state index contributed by atoms with van der Waals surface area (Å²) in [5.41, 5.74) is 5.54. The average Bonchev–Trinajstić information content (AvgIpc) is 2.35. The Hall–Kier alpha value is -1.82. The molecule has 0 saturated carbocycles. The van der Waals surface area contributed by atoms with Gasteiger partial charge in [0.25, 0.3) is 0 Å². The van der Waals surface area contributed by atoms with Crippen LogP contribution in [-0.2, 0) is 0 Å². The number of rotatable bonds is 2. The van der Waals surface area contributed by atoms with Crippen molar-refractivity contribution < 1.29 is 14.3 Å². The zero-order chi connectivity index (χ0) is 15.1. The number of hydrogen-bond donors (Lipinski definition) is 2. The lowest BCUT2D eigenvalue weighted by atomic mass is 9.98. The Bertz CT molecular complexity index is 545. The van der Waals surface area contributed by atoms with Crippen molar-refractivity contribution in [2.75, 3.05) is 37.3 Å². The second-order valence-corrected chi connectivity index (χ2v) is 5.82. The fourth-order valence-electron chi connectivity index (χ4n) is 2.52. The smallest absolute Gasteiger partial charge is 0.340 e. The van der Waals surface area contributed by atoms with E-state index in [1.807, 2.05) is 11.9 Å². The van der Waals surface area contributed by atoms with Gasteiger partial charge in [-0.1, -0.05) is 0 Å². The summed E-state index contributed by atoms with van der Waals surface area (Å²) < 4.78 is 13.5. The number of carboxylic acid groups (broad SMARTS) is 1. The van der Waals surface area contributed by atoms with E-state index in [2.05, 4.69) is 18.7 Å². The van der Waals surface area contributed by atoms with Crippen LogP contribution in [0.25, 0.3) is 0 Å². The fraction of sp³-hybridized carbons (Fsp3) is 0.500. The average molecular weight is 281 g/mol. The van der Waals surface area contributed by atoms with Crippen LogP contribution in [0.3, 0.4) is 0 Å². The monoisotopic (exact) mass is 281 g/mol. The normalized spacial score (nSPS) is 19.1. The topological polar surface area (TPSA) is 69.8 Å². The van der Waals surface area contributed by atoms with Gasteiger partial charge in [0, 0.05) is 25.2 Å². The van der Waals surface area contributed by atoms with E-state index in [1.54, 1.807) is 0 Å². The molecule has 0 amide bonds. The minimum absolute atomic E-state index is 0.0861.